The zero-order valence-corrected chi connectivity index (χ0v) is 14.4. The monoisotopic (exact) mass is 354 g/mol. The van der Waals surface area contributed by atoms with E-state index in [0.29, 0.717) is 17.0 Å². The van der Waals surface area contributed by atoms with Gasteiger partial charge < -0.3 is 19.6 Å². The van der Waals surface area contributed by atoms with Gasteiger partial charge in [-0.15, -0.1) is 0 Å². The summed E-state index contributed by atoms with van der Waals surface area (Å²) in [6, 6.07) is 11.4. The van der Waals surface area contributed by atoms with E-state index in [-0.39, 0.29) is 30.5 Å². The average Bonchev–Trinajstić information content (AvgIpc) is 2.63. The Morgan fingerprint density at radius 3 is 2.62 bits per heavy atom. The Labute approximate surface area is 150 Å². The van der Waals surface area contributed by atoms with Crippen molar-refractivity contribution in [1.82, 2.24) is 4.90 Å². The van der Waals surface area contributed by atoms with Gasteiger partial charge in [-0.1, -0.05) is 12.1 Å². The predicted octanol–water partition coefficient (Wildman–Crippen LogP) is 2.01. The minimum Gasteiger partial charge on any atom is -0.482 e. The molecule has 0 spiro atoms. The van der Waals surface area contributed by atoms with Crippen LogP contribution in [-0.2, 0) is 11.3 Å². The molecule has 0 atom stereocenters. The van der Waals surface area contributed by atoms with Gasteiger partial charge in [-0.05, 0) is 35.9 Å². The van der Waals surface area contributed by atoms with Gasteiger partial charge in [-0.3, -0.25) is 9.59 Å². The quantitative estimate of drug-likeness (QED) is 0.908. The fourth-order valence-corrected chi connectivity index (χ4v) is 2.75. The van der Waals surface area contributed by atoms with Crippen molar-refractivity contribution < 1.29 is 24.2 Å². The second-order valence-corrected chi connectivity index (χ2v) is 6.16. The molecule has 134 valence electrons. The van der Waals surface area contributed by atoms with Crippen LogP contribution in [-0.4, -0.2) is 48.5 Å². The second kappa shape index (κ2) is 6.87. The SMILES string of the molecule is CN(C)C(=O)c1cccc(CN2C(=O)COc3ccc(C(=O)O)cc32)c1. The van der Waals surface area contributed by atoms with Crippen molar-refractivity contribution in [3.05, 3.63) is 59.2 Å². The van der Waals surface area contributed by atoms with Gasteiger partial charge in [-0.25, -0.2) is 4.79 Å². The molecule has 0 saturated heterocycles. The number of carboxylic acid groups (broad SMARTS) is 1. The summed E-state index contributed by atoms with van der Waals surface area (Å²) in [6.45, 7) is 0.0998. The van der Waals surface area contributed by atoms with Gasteiger partial charge in [0.05, 0.1) is 17.8 Å². The van der Waals surface area contributed by atoms with Crippen LogP contribution in [0.25, 0.3) is 0 Å². The van der Waals surface area contributed by atoms with E-state index in [0.717, 1.165) is 5.56 Å². The number of hydrogen-bond acceptors (Lipinski definition) is 4. The molecule has 0 fully saturated rings. The highest BCUT2D eigenvalue weighted by atomic mass is 16.5. The first-order chi connectivity index (χ1) is 12.4. The maximum absolute atomic E-state index is 12.3. The molecule has 7 heteroatoms. The van der Waals surface area contributed by atoms with Crippen molar-refractivity contribution in [1.29, 1.82) is 0 Å². The zero-order valence-electron chi connectivity index (χ0n) is 14.4. The van der Waals surface area contributed by atoms with Crippen LogP contribution in [0.2, 0.25) is 0 Å². The van der Waals surface area contributed by atoms with Gasteiger partial charge in [0.2, 0.25) is 0 Å². The lowest BCUT2D eigenvalue weighted by molar-refractivity contribution is -0.121. The van der Waals surface area contributed by atoms with Crippen LogP contribution < -0.4 is 9.64 Å². The lowest BCUT2D eigenvalue weighted by atomic mass is 10.1. The number of nitrogens with zero attached hydrogens (tertiary/aromatic N) is 2. The molecule has 0 bridgehead atoms. The van der Waals surface area contributed by atoms with Crippen LogP contribution in [0, 0.1) is 0 Å². The minimum absolute atomic E-state index is 0.0728. The van der Waals surface area contributed by atoms with E-state index < -0.39 is 5.97 Å². The molecule has 0 aliphatic carbocycles. The third-order valence-corrected chi connectivity index (χ3v) is 4.07. The van der Waals surface area contributed by atoms with Crippen molar-refractivity contribution in [2.45, 2.75) is 6.54 Å². The van der Waals surface area contributed by atoms with E-state index in [1.807, 2.05) is 6.07 Å². The Balaban J connectivity index is 1.94. The van der Waals surface area contributed by atoms with Gasteiger partial charge in [-0.2, -0.15) is 0 Å². The molecule has 3 rings (SSSR count). The molecule has 1 aliphatic rings. The Morgan fingerprint density at radius 2 is 1.92 bits per heavy atom. The van der Waals surface area contributed by atoms with E-state index in [4.69, 9.17) is 4.74 Å². The number of carbonyl (C=O) groups excluding carboxylic acids is 2. The van der Waals surface area contributed by atoms with Gasteiger partial charge >= 0.3 is 5.97 Å². The summed E-state index contributed by atoms with van der Waals surface area (Å²) in [7, 11) is 3.34. The molecule has 7 nitrogen and oxygen atoms in total. The second-order valence-electron chi connectivity index (χ2n) is 6.16. The van der Waals surface area contributed by atoms with Gasteiger partial charge in [0, 0.05) is 19.7 Å². The van der Waals surface area contributed by atoms with Crippen LogP contribution in [0.1, 0.15) is 26.3 Å². The lowest BCUT2D eigenvalue weighted by Gasteiger charge is -2.29. The summed E-state index contributed by atoms with van der Waals surface area (Å²) < 4.78 is 5.39. The number of rotatable bonds is 4. The number of carbonyl (C=O) groups is 3. The van der Waals surface area contributed by atoms with Crippen molar-refractivity contribution in [2.24, 2.45) is 0 Å². The van der Waals surface area contributed by atoms with Crippen molar-refractivity contribution in [3.63, 3.8) is 0 Å². The summed E-state index contributed by atoms with van der Waals surface area (Å²) in [5.74, 6) is -1.03. The Morgan fingerprint density at radius 1 is 1.15 bits per heavy atom. The van der Waals surface area contributed by atoms with Crippen molar-refractivity contribution in [2.75, 3.05) is 25.6 Å². The maximum atomic E-state index is 12.3. The number of aromatic carboxylic acids is 1. The summed E-state index contributed by atoms with van der Waals surface area (Å²) in [4.78, 5) is 38.7. The summed E-state index contributed by atoms with van der Waals surface area (Å²) in [6.07, 6.45) is 0. The molecular weight excluding hydrogens is 336 g/mol. The number of ether oxygens (including phenoxy) is 1. The van der Waals surface area contributed by atoms with E-state index in [9.17, 15) is 19.5 Å². The molecule has 0 unspecified atom stereocenters. The smallest absolute Gasteiger partial charge is 0.335 e. The van der Waals surface area contributed by atoms with E-state index >= 15 is 0 Å². The van der Waals surface area contributed by atoms with Crippen LogP contribution >= 0.6 is 0 Å². The maximum Gasteiger partial charge on any atom is 0.335 e. The van der Waals surface area contributed by atoms with Crippen LogP contribution in [0.3, 0.4) is 0 Å². The third kappa shape index (κ3) is 3.37. The number of fused-ring (bicyclic) bond motifs is 1. The molecule has 0 aromatic heterocycles. The number of carboxylic acids is 1. The highest BCUT2D eigenvalue weighted by Crippen LogP contribution is 2.34. The summed E-state index contributed by atoms with van der Waals surface area (Å²) >= 11 is 0. The summed E-state index contributed by atoms with van der Waals surface area (Å²) in [5, 5.41) is 9.19. The third-order valence-electron chi connectivity index (χ3n) is 4.07. The Bertz CT molecular complexity index is 891. The first-order valence-corrected chi connectivity index (χ1v) is 7.98. The largest absolute Gasteiger partial charge is 0.482 e. The molecule has 0 radical (unpaired) electrons. The van der Waals surface area contributed by atoms with E-state index in [1.54, 1.807) is 38.4 Å². The van der Waals surface area contributed by atoms with E-state index in [2.05, 4.69) is 0 Å². The van der Waals surface area contributed by atoms with Gasteiger partial charge in [0.1, 0.15) is 5.75 Å². The highest BCUT2D eigenvalue weighted by Gasteiger charge is 2.27. The Kier molecular flexibility index (Phi) is 4.62. The number of amides is 2. The van der Waals surface area contributed by atoms with Crippen molar-refractivity contribution in [3.8, 4) is 5.75 Å². The topological polar surface area (TPSA) is 87.2 Å². The van der Waals surface area contributed by atoms with Gasteiger partial charge in [0.15, 0.2) is 6.61 Å². The molecular formula is C19H18N2O5. The van der Waals surface area contributed by atoms with Crippen LogP contribution in [0.4, 0.5) is 5.69 Å². The van der Waals surface area contributed by atoms with Crippen LogP contribution in [0.15, 0.2) is 42.5 Å². The molecule has 2 aromatic rings. The van der Waals surface area contributed by atoms with Crippen LogP contribution in [0.5, 0.6) is 5.75 Å². The fraction of sp³-hybridized carbons (Fsp3) is 0.211. The number of anilines is 1. The molecule has 1 N–H and O–H groups in total. The first-order valence-electron chi connectivity index (χ1n) is 7.98. The molecule has 2 aromatic carbocycles. The molecule has 2 amide bonds. The normalized spacial score (nSPS) is 13.0. The van der Waals surface area contributed by atoms with Gasteiger partial charge in [0.25, 0.3) is 11.8 Å². The lowest BCUT2D eigenvalue weighted by Crippen LogP contribution is -2.38. The molecule has 1 heterocycles. The predicted molar refractivity (Wildman–Crippen MR) is 94.5 cm³/mol. The molecule has 1 aliphatic heterocycles. The minimum atomic E-state index is -1.08. The Hall–Kier alpha value is -3.35. The number of benzene rings is 2. The highest BCUT2D eigenvalue weighted by molar-refractivity contribution is 6.00. The average molecular weight is 354 g/mol. The van der Waals surface area contributed by atoms with E-state index in [1.165, 1.54) is 21.9 Å². The fourth-order valence-electron chi connectivity index (χ4n) is 2.75. The molecule has 26 heavy (non-hydrogen) atoms. The first kappa shape index (κ1) is 17.5. The van der Waals surface area contributed by atoms with Crippen molar-refractivity contribution >= 4 is 23.5 Å². The summed E-state index contributed by atoms with van der Waals surface area (Å²) in [5.41, 5.74) is 1.77. The standard InChI is InChI=1S/C19H18N2O5/c1-20(2)18(23)13-5-3-4-12(8-13)10-21-15-9-14(19(24)25)6-7-16(15)26-11-17(21)22/h3-9H,10-11H2,1-2H3,(H,24,25). The molecule has 0 saturated carbocycles. The number of hydrogen-bond donors (Lipinski definition) is 1. The zero-order chi connectivity index (χ0) is 18.8.